The van der Waals surface area contributed by atoms with Crippen molar-refractivity contribution in [1.29, 1.82) is 0 Å². The van der Waals surface area contributed by atoms with Crippen molar-refractivity contribution in [3.8, 4) is 5.75 Å². The Morgan fingerprint density at radius 3 is 2.49 bits per heavy atom. The maximum Gasteiger partial charge on any atom is 0.338 e. The number of aromatic nitrogens is 1. The second-order valence-corrected chi connectivity index (χ2v) is 9.13. The third kappa shape index (κ3) is 5.18. The van der Waals surface area contributed by atoms with Gasteiger partial charge in [0.25, 0.3) is 5.56 Å². The molecule has 1 aliphatic heterocycles. The summed E-state index contributed by atoms with van der Waals surface area (Å²) in [6, 6.07) is 13.0. The highest BCUT2D eigenvalue weighted by Crippen LogP contribution is 2.31. The lowest BCUT2D eigenvalue weighted by Crippen LogP contribution is -2.39. The van der Waals surface area contributed by atoms with Gasteiger partial charge in [0.2, 0.25) is 0 Å². The Kier molecular flexibility index (Phi) is 7.14. The third-order valence-electron chi connectivity index (χ3n) is 5.20. The highest BCUT2D eigenvalue weighted by Gasteiger charge is 2.33. The number of carbonyl (C=O) groups is 2. The zero-order chi connectivity index (χ0) is 25.1. The first kappa shape index (κ1) is 24.4. The van der Waals surface area contributed by atoms with E-state index in [0.29, 0.717) is 31.4 Å². The lowest BCUT2D eigenvalue weighted by atomic mass is 9.96. The standard InChI is InChI=1S/C26H21ClN2O5S/c1-4-13-33-25(32)22-15(2)28-26-29(23(22)18-7-11-20(12-8-18)34-16(3)30)24(31)21(35-26)14-17-5-9-19(27)10-6-17/h4-12,14,23H,1,13H2,2-3H3/b21-14-. The van der Waals surface area contributed by atoms with Crippen molar-refractivity contribution < 1.29 is 19.1 Å². The van der Waals surface area contributed by atoms with E-state index < -0.39 is 18.0 Å². The SMILES string of the molecule is C=CCOC(=O)C1=C(C)N=c2s/c(=C\c3ccc(Cl)cc3)c(=O)n2C1c1ccc(OC(C)=O)cc1. The quantitative estimate of drug-likeness (QED) is 0.289. The molecule has 0 amide bonds. The molecule has 0 spiro atoms. The topological polar surface area (TPSA) is 87.0 Å². The van der Waals surface area contributed by atoms with Crippen molar-refractivity contribution >= 4 is 41.0 Å². The first-order valence-electron chi connectivity index (χ1n) is 10.6. The summed E-state index contributed by atoms with van der Waals surface area (Å²) >= 11 is 7.21. The van der Waals surface area contributed by atoms with E-state index in [9.17, 15) is 14.4 Å². The van der Waals surface area contributed by atoms with Crippen molar-refractivity contribution in [2.24, 2.45) is 4.99 Å². The van der Waals surface area contributed by atoms with Gasteiger partial charge in [-0.15, -0.1) is 0 Å². The first-order chi connectivity index (χ1) is 16.8. The largest absolute Gasteiger partial charge is 0.458 e. The second kappa shape index (κ2) is 10.2. The molecule has 0 bridgehead atoms. The molecule has 9 heteroatoms. The first-order valence-corrected chi connectivity index (χ1v) is 11.8. The summed E-state index contributed by atoms with van der Waals surface area (Å²) in [7, 11) is 0. The number of esters is 2. The van der Waals surface area contributed by atoms with Crippen molar-refractivity contribution in [1.82, 2.24) is 4.57 Å². The van der Waals surface area contributed by atoms with Gasteiger partial charge in [-0.3, -0.25) is 14.2 Å². The Morgan fingerprint density at radius 2 is 1.86 bits per heavy atom. The highest BCUT2D eigenvalue weighted by atomic mass is 35.5. The molecule has 0 radical (unpaired) electrons. The molecule has 0 N–H and O–H groups in total. The zero-order valence-corrected chi connectivity index (χ0v) is 20.6. The van der Waals surface area contributed by atoms with Gasteiger partial charge in [-0.1, -0.05) is 59.9 Å². The van der Waals surface area contributed by atoms with E-state index >= 15 is 0 Å². The number of halogens is 1. The molecule has 1 aromatic heterocycles. The van der Waals surface area contributed by atoms with Gasteiger partial charge in [-0.25, -0.2) is 9.79 Å². The molecular formula is C26H21ClN2O5S. The summed E-state index contributed by atoms with van der Waals surface area (Å²) in [4.78, 5) is 42.9. The second-order valence-electron chi connectivity index (χ2n) is 7.68. The van der Waals surface area contributed by atoms with Crippen LogP contribution in [0.5, 0.6) is 5.75 Å². The molecule has 1 atom stereocenters. The molecule has 35 heavy (non-hydrogen) atoms. The molecule has 7 nitrogen and oxygen atoms in total. The molecule has 2 aromatic carbocycles. The van der Waals surface area contributed by atoms with E-state index in [1.807, 2.05) is 12.1 Å². The predicted octanol–water partition coefficient (Wildman–Crippen LogP) is 3.54. The Balaban J connectivity index is 1.88. The Morgan fingerprint density at radius 1 is 1.17 bits per heavy atom. The summed E-state index contributed by atoms with van der Waals surface area (Å²) in [6.07, 6.45) is 3.23. The number of thiazole rings is 1. The van der Waals surface area contributed by atoms with Crippen LogP contribution in [0.2, 0.25) is 5.02 Å². The van der Waals surface area contributed by atoms with Crippen LogP contribution in [0.1, 0.15) is 31.0 Å². The lowest BCUT2D eigenvalue weighted by molar-refractivity contribution is -0.138. The number of benzene rings is 2. The van der Waals surface area contributed by atoms with Crippen molar-refractivity contribution in [2.45, 2.75) is 19.9 Å². The molecule has 0 saturated carbocycles. The molecule has 0 aliphatic carbocycles. The van der Waals surface area contributed by atoms with Crippen molar-refractivity contribution in [3.05, 3.63) is 108 Å². The highest BCUT2D eigenvalue weighted by molar-refractivity contribution is 7.07. The Bertz CT molecular complexity index is 1520. The number of carbonyl (C=O) groups excluding carboxylic acids is 2. The van der Waals surface area contributed by atoms with Gasteiger partial charge in [0.1, 0.15) is 12.4 Å². The average molecular weight is 509 g/mol. The molecule has 1 unspecified atom stereocenters. The monoisotopic (exact) mass is 508 g/mol. The number of ether oxygens (including phenoxy) is 2. The van der Waals surface area contributed by atoms with Gasteiger partial charge in [-0.05, 0) is 48.4 Å². The van der Waals surface area contributed by atoms with Crippen LogP contribution in [0, 0.1) is 0 Å². The van der Waals surface area contributed by atoms with Gasteiger partial charge in [0, 0.05) is 11.9 Å². The van der Waals surface area contributed by atoms with Crippen LogP contribution in [0.3, 0.4) is 0 Å². The third-order valence-corrected chi connectivity index (χ3v) is 6.43. The summed E-state index contributed by atoms with van der Waals surface area (Å²) in [5, 5.41) is 0.596. The molecule has 2 heterocycles. The Hall–Kier alpha value is -3.75. The maximum absolute atomic E-state index is 13.6. The van der Waals surface area contributed by atoms with Crippen LogP contribution in [0.25, 0.3) is 6.08 Å². The van der Waals surface area contributed by atoms with Crippen LogP contribution in [0.4, 0.5) is 0 Å². The summed E-state index contributed by atoms with van der Waals surface area (Å²) in [5.74, 6) is -0.683. The van der Waals surface area contributed by atoms with E-state index in [1.165, 1.54) is 28.9 Å². The van der Waals surface area contributed by atoms with Gasteiger partial charge >= 0.3 is 11.9 Å². The van der Waals surface area contributed by atoms with E-state index in [2.05, 4.69) is 11.6 Å². The fourth-order valence-corrected chi connectivity index (χ4v) is 4.88. The number of rotatable bonds is 6. The molecule has 4 rings (SSSR count). The maximum atomic E-state index is 13.6. The number of fused-ring (bicyclic) bond motifs is 1. The summed E-state index contributed by atoms with van der Waals surface area (Å²) in [5.41, 5.74) is 1.85. The van der Waals surface area contributed by atoms with Gasteiger partial charge in [0.15, 0.2) is 4.80 Å². The normalized spacial score (nSPS) is 15.3. The lowest BCUT2D eigenvalue weighted by Gasteiger charge is -2.24. The molecular weight excluding hydrogens is 488 g/mol. The minimum atomic E-state index is -0.776. The van der Waals surface area contributed by atoms with Gasteiger partial charge in [-0.2, -0.15) is 0 Å². The summed E-state index contributed by atoms with van der Waals surface area (Å²) in [6.45, 7) is 6.63. The van der Waals surface area contributed by atoms with Gasteiger partial charge < -0.3 is 9.47 Å². The zero-order valence-electron chi connectivity index (χ0n) is 19.0. The fourth-order valence-electron chi connectivity index (χ4n) is 3.70. The van der Waals surface area contributed by atoms with E-state index in [1.54, 1.807) is 49.4 Å². The summed E-state index contributed by atoms with van der Waals surface area (Å²) < 4.78 is 12.4. The van der Waals surface area contributed by atoms with Crippen molar-refractivity contribution in [3.63, 3.8) is 0 Å². The van der Waals surface area contributed by atoms with Crippen LogP contribution >= 0.6 is 22.9 Å². The molecule has 1 aliphatic rings. The van der Waals surface area contributed by atoms with E-state index in [4.69, 9.17) is 21.1 Å². The number of nitrogens with zero attached hydrogens (tertiary/aromatic N) is 2. The van der Waals surface area contributed by atoms with Gasteiger partial charge in [0.05, 0.1) is 21.8 Å². The minimum absolute atomic E-state index is 0.0225. The molecule has 0 fully saturated rings. The van der Waals surface area contributed by atoms with Crippen LogP contribution in [0.15, 0.2) is 82.2 Å². The minimum Gasteiger partial charge on any atom is -0.458 e. The van der Waals surface area contributed by atoms with E-state index in [0.717, 1.165) is 5.56 Å². The molecule has 3 aromatic rings. The number of hydrogen-bond acceptors (Lipinski definition) is 7. The van der Waals surface area contributed by atoms with Crippen LogP contribution in [-0.4, -0.2) is 23.1 Å². The number of hydrogen-bond donors (Lipinski definition) is 0. The molecule has 0 saturated heterocycles. The molecule has 178 valence electrons. The average Bonchev–Trinajstić information content (AvgIpc) is 3.12. The van der Waals surface area contributed by atoms with Crippen molar-refractivity contribution in [2.75, 3.05) is 6.61 Å². The Labute approximate surface area is 209 Å². The number of allylic oxidation sites excluding steroid dienone is 1. The predicted molar refractivity (Wildman–Crippen MR) is 134 cm³/mol. The van der Waals surface area contributed by atoms with Crippen LogP contribution in [-0.2, 0) is 14.3 Å². The smallest absolute Gasteiger partial charge is 0.338 e. The van der Waals surface area contributed by atoms with Crippen LogP contribution < -0.4 is 19.6 Å². The van der Waals surface area contributed by atoms with E-state index in [-0.39, 0.29) is 17.7 Å². The fraction of sp³-hybridized carbons (Fsp3) is 0.154.